The number of aromatic nitrogens is 3. The first-order valence-electron chi connectivity index (χ1n) is 7.60. The second-order valence-corrected chi connectivity index (χ2v) is 5.41. The zero-order valence-electron chi connectivity index (χ0n) is 13.6. The molecule has 3 rings (SSSR count). The van der Waals surface area contributed by atoms with Gasteiger partial charge in [-0.05, 0) is 48.9 Å². The van der Waals surface area contributed by atoms with Crippen LogP contribution in [0.15, 0.2) is 36.5 Å². The van der Waals surface area contributed by atoms with Crippen molar-refractivity contribution in [3.05, 3.63) is 47.9 Å². The van der Waals surface area contributed by atoms with Crippen LogP contribution in [0.5, 0.6) is 5.75 Å². The Hall–Kier alpha value is -2.82. The molecule has 2 aromatic heterocycles. The Morgan fingerprint density at radius 1 is 1.17 bits per heavy atom. The molecule has 0 fully saturated rings. The molecule has 0 unspecified atom stereocenters. The van der Waals surface area contributed by atoms with Gasteiger partial charge in [0.1, 0.15) is 17.4 Å². The number of hydrogen-bond acceptors (Lipinski definition) is 4. The van der Waals surface area contributed by atoms with Gasteiger partial charge in [0, 0.05) is 26.4 Å². The topological polar surface area (TPSA) is 54.0 Å². The second kappa shape index (κ2) is 6.52. The summed E-state index contributed by atoms with van der Waals surface area (Å²) < 4.78 is 5.50. The summed E-state index contributed by atoms with van der Waals surface area (Å²) in [7, 11) is 3.95. The number of imidazole rings is 1. The summed E-state index contributed by atoms with van der Waals surface area (Å²) in [6, 6.07) is 9.89. The van der Waals surface area contributed by atoms with Gasteiger partial charge in [0.2, 0.25) is 0 Å². The number of pyridine rings is 1. The molecule has 0 saturated heterocycles. The molecule has 0 aliphatic rings. The fraction of sp³-hybridized carbons (Fsp3) is 0.222. The predicted molar refractivity (Wildman–Crippen MR) is 94.8 cm³/mol. The van der Waals surface area contributed by atoms with E-state index < -0.39 is 0 Å². The largest absolute Gasteiger partial charge is 0.494 e. The van der Waals surface area contributed by atoms with Crippen LogP contribution in [0.2, 0.25) is 0 Å². The van der Waals surface area contributed by atoms with Crippen molar-refractivity contribution in [2.75, 3.05) is 25.6 Å². The van der Waals surface area contributed by atoms with Gasteiger partial charge in [-0.1, -0.05) is 0 Å². The molecule has 3 aromatic rings. The lowest BCUT2D eigenvalue weighted by Crippen LogP contribution is -2.09. The summed E-state index contributed by atoms with van der Waals surface area (Å²) in [5.41, 5.74) is 2.93. The molecular weight excluding hydrogens is 288 g/mol. The molecule has 0 spiro atoms. The Balaban J connectivity index is 1.80. The third-order valence-corrected chi connectivity index (χ3v) is 3.45. The molecule has 2 heterocycles. The molecule has 0 aliphatic heterocycles. The summed E-state index contributed by atoms with van der Waals surface area (Å²) in [5, 5.41) is 0. The first-order chi connectivity index (χ1) is 11.2. The number of fused-ring (bicyclic) bond motifs is 1. The Morgan fingerprint density at radius 2 is 2.04 bits per heavy atom. The van der Waals surface area contributed by atoms with E-state index in [-0.39, 0.29) is 0 Å². The minimum Gasteiger partial charge on any atom is -0.494 e. The summed E-state index contributed by atoms with van der Waals surface area (Å²) in [6.07, 6.45) is 5.79. The van der Waals surface area contributed by atoms with Gasteiger partial charge in [0.15, 0.2) is 0 Å². The van der Waals surface area contributed by atoms with E-state index in [4.69, 9.17) is 4.74 Å². The van der Waals surface area contributed by atoms with Gasteiger partial charge in [-0.3, -0.25) is 0 Å². The van der Waals surface area contributed by atoms with Gasteiger partial charge in [-0.2, -0.15) is 0 Å². The summed E-state index contributed by atoms with van der Waals surface area (Å²) >= 11 is 0. The van der Waals surface area contributed by atoms with Crippen LogP contribution in [-0.2, 0) is 0 Å². The highest BCUT2D eigenvalue weighted by atomic mass is 16.5. The second-order valence-electron chi connectivity index (χ2n) is 5.41. The van der Waals surface area contributed by atoms with Crippen LogP contribution in [0.3, 0.4) is 0 Å². The quantitative estimate of drug-likeness (QED) is 0.782. The monoisotopic (exact) mass is 308 g/mol. The maximum Gasteiger partial charge on any atom is 0.131 e. The molecule has 0 saturated carbocycles. The van der Waals surface area contributed by atoms with Crippen molar-refractivity contribution in [1.82, 2.24) is 15.0 Å². The van der Waals surface area contributed by atoms with E-state index in [0.717, 1.165) is 34.0 Å². The lowest BCUT2D eigenvalue weighted by atomic mass is 10.2. The number of nitrogens with zero attached hydrogens (tertiary/aromatic N) is 3. The first kappa shape index (κ1) is 15.1. The maximum atomic E-state index is 5.50. The number of H-pyrrole nitrogens is 1. The molecule has 0 atom stereocenters. The first-order valence-corrected chi connectivity index (χ1v) is 7.60. The zero-order valence-corrected chi connectivity index (χ0v) is 13.6. The minimum atomic E-state index is 0.655. The highest BCUT2D eigenvalue weighted by molar-refractivity contribution is 5.80. The van der Waals surface area contributed by atoms with Gasteiger partial charge in [0.25, 0.3) is 0 Å². The molecule has 0 bridgehead atoms. The molecule has 23 heavy (non-hydrogen) atoms. The van der Waals surface area contributed by atoms with Crippen molar-refractivity contribution < 1.29 is 4.74 Å². The van der Waals surface area contributed by atoms with Gasteiger partial charge in [0.05, 0.1) is 17.6 Å². The van der Waals surface area contributed by atoms with Crippen LogP contribution < -0.4 is 9.64 Å². The van der Waals surface area contributed by atoms with Crippen LogP contribution >= 0.6 is 0 Å². The number of hydrogen-bond donors (Lipinski definition) is 1. The Kier molecular flexibility index (Phi) is 4.28. The lowest BCUT2D eigenvalue weighted by Gasteiger charge is -2.10. The van der Waals surface area contributed by atoms with E-state index in [1.807, 2.05) is 74.6 Å². The summed E-state index contributed by atoms with van der Waals surface area (Å²) in [5.74, 6) is 2.60. The number of rotatable bonds is 5. The predicted octanol–water partition coefficient (Wildman–Crippen LogP) is 3.59. The highest BCUT2D eigenvalue weighted by Gasteiger charge is 2.02. The third kappa shape index (κ3) is 3.51. The average Bonchev–Trinajstić information content (AvgIpc) is 2.96. The van der Waals surface area contributed by atoms with Crippen LogP contribution in [0.4, 0.5) is 5.82 Å². The van der Waals surface area contributed by atoms with Gasteiger partial charge >= 0.3 is 0 Å². The smallest absolute Gasteiger partial charge is 0.131 e. The van der Waals surface area contributed by atoms with Crippen molar-refractivity contribution in [2.24, 2.45) is 0 Å². The fourth-order valence-electron chi connectivity index (χ4n) is 2.28. The number of benzene rings is 1. The molecule has 0 amide bonds. The molecule has 0 radical (unpaired) electrons. The van der Waals surface area contributed by atoms with Crippen molar-refractivity contribution in [3.63, 3.8) is 0 Å². The van der Waals surface area contributed by atoms with Crippen molar-refractivity contribution in [1.29, 1.82) is 0 Å². The normalized spacial score (nSPS) is 11.3. The molecule has 1 N–H and O–H groups in total. The molecule has 118 valence electrons. The van der Waals surface area contributed by atoms with E-state index in [2.05, 4.69) is 15.0 Å². The number of ether oxygens (including phenoxy) is 1. The molecule has 5 nitrogen and oxygen atoms in total. The van der Waals surface area contributed by atoms with Gasteiger partial charge in [-0.25, -0.2) is 9.97 Å². The van der Waals surface area contributed by atoms with E-state index in [1.165, 1.54) is 0 Å². The van der Waals surface area contributed by atoms with Crippen molar-refractivity contribution >= 4 is 29.0 Å². The molecule has 5 heteroatoms. The third-order valence-electron chi connectivity index (χ3n) is 3.45. The molecular formula is C18H20N4O. The van der Waals surface area contributed by atoms with E-state index in [9.17, 15) is 0 Å². The lowest BCUT2D eigenvalue weighted by molar-refractivity contribution is 0.340. The van der Waals surface area contributed by atoms with Crippen LogP contribution in [0, 0.1) is 0 Å². The fourth-order valence-corrected chi connectivity index (χ4v) is 2.28. The van der Waals surface area contributed by atoms with Crippen LogP contribution in [0.25, 0.3) is 23.2 Å². The van der Waals surface area contributed by atoms with Crippen LogP contribution in [0.1, 0.15) is 18.3 Å². The minimum absolute atomic E-state index is 0.655. The highest BCUT2D eigenvalue weighted by Crippen LogP contribution is 2.20. The van der Waals surface area contributed by atoms with Gasteiger partial charge < -0.3 is 14.6 Å². The van der Waals surface area contributed by atoms with Crippen LogP contribution in [-0.4, -0.2) is 35.7 Å². The van der Waals surface area contributed by atoms with Crippen molar-refractivity contribution in [3.8, 4) is 5.75 Å². The maximum absolute atomic E-state index is 5.50. The molecule has 1 aromatic carbocycles. The Morgan fingerprint density at radius 3 is 2.74 bits per heavy atom. The summed E-state index contributed by atoms with van der Waals surface area (Å²) in [4.78, 5) is 14.2. The zero-order chi connectivity index (χ0) is 16.2. The van der Waals surface area contributed by atoms with E-state index in [0.29, 0.717) is 6.61 Å². The number of aromatic amines is 1. The SMILES string of the molecule is CCOc1ccc2nc(/C=C/c3ccc(N(C)C)nc3)[nH]c2c1. The van der Waals surface area contributed by atoms with E-state index >= 15 is 0 Å². The summed E-state index contributed by atoms with van der Waals surface area (Å²) in [6.45, 7) is 2.63. The Bertz CT molecular complexity index is 819. The standard InChI is InChI=1S/C18H20N4O/c1-4-23-14-7-8-15-16(11-14)21-17(20-15)9-5-13-6-10-18(19-12-13)22(2)3/h5-12H,4H2,1-3H3,(H,20,21)/b9-5+. The number of nitrogens with one attached hydrogen (secondary N) is 1. The average molecular weight is 308 g/mol. The van der Waals surface area contributed by atoms with Gasteiger partial charge in [-0.15, -0.1) is 0 Å². The van der Waals surface area contributed by atoms with Crippen molar-refractivity contribution in [2.45, 2.75) is 6.92 Å². The molecule has 0 aliphatic carbocycles. The Labute approximate surface area is 135 Å². The van der Waals surface area contributed by atoms with E-state index in [1.54, 1.807) is 0 Å². The number of anilines is 1.